The maximum atomic E-state index is 11.6. The molecule has 0 aromatic heterocycles. The summed E-state index contributed by atoms with van der Waals surface area (Å²) in [6.45, 7) is 3.66. The van der Waals surface area contributed by atoms with Crippen LogP contribution in [0.15, 0.2) is 0 Å². The Hall–Kier alpha value is -0.850. The normalized spacial score (nSPS) is 14.7. The van der Waals surface area contributed by atoms with Gasteiger partial charge < -0.3 is 21.9 Å². The van der Waals surface area contributed by atoms with Gasteiger partial charge in [0.2, 0.25) is 12.5 Å². The van der Waals surface area contributed by atoms with E-state index in [9.17, 15) is 9.59 Å². The fourth-order valence-electron chi connectivity index (χ4n) is 1.02. The summed E-state index contributed by atoms with van der Waals surface area (Å²) in [4.78, 5) is 23.3. The molecule has 0 fully saturated rings. The number of rotatable bonds is 7. The smallest absolute Gasteiger partial charge is 0.310 e. The molecule has 0 rings (SSSR count). The van der Waals surface area contributed by atoms with Crippen molar-refractivity contribution in [3.8, 4) is 0 Å². The predicted octanol–water partition coefficient (Wildman–Crippen LogP) is -2.04. The summed E-state index contributed by atoms with van der Waals surface area (Å²) in [6, 6.07) is 0. The third kappa shape index (κ3) is 9.66. The van der Waals surface area contributed by atoms with Gasteiger partial charge in [-0.15, -0.1) is 0 Å². The first kappa shape index (κ1) is 22.4. The van der Waals surface area contributed by atoms with Crippen molar-refractivity contribution in [1.29, 1.82) is 0 Å². The molecule has 0 aromatic carbocycles. The highest BCUT2D eigenvalue weighted by Gasteiger charge is 2.25. The second-order valence-corrected chi connectivity index (χ2v) is 6.91. The Morgan fingerprint density at radius 1 is 0.762 bits per heavy atom. The molecule has 0 heterocycles. The van der Waals surface area contributed by atoms with E-state index < -0.39 is 0 Å². The van der Waals surface area contributed by atoms with E-state index in [0.29, 0.717) is 8.97 Å². The highest BCUT2D eigenvalue weighted by molar-refractivity contribution is 5.77. The van der Waals surface area contributed by atoms with Crippen LogP contribution in [0.25, 0.3) is 0 Å². The van der Waals surface area contributed by atoms with Crippen LogP contribution in [0, 0.1) is 0 Å². The standard InChI is InChI=1S/C14H30N2O4.ClH/c1-11(15(3,4)5)19-13(17)9-10-14(18)20-12(2)16(6,7)8;/h11-12H,9-10H2,1-8H3;1H/q+2;/p-1. The number of carbonyl (C=O) groups excluding carboxylic acids is 2. The minimum absolute atomic E-state index is 0. The van der Waals surface area contributed by atoms with E-state index in [-0.39, 0.29) is 49.6 Å². The van der Waals surface area contributed by atoms with Gasteiger partial charge in [0.25, 0.3) is 0 Å². The van der Waals surface area contributed by atoms with Crippen molar-refractivity contribution in [3.05, 3.63) is 0 Å². The lowest BCUT2D eigenvalue weighted by molar-refractivity contribution is -0.914. The molecule has 0 aromatic rings. The Kier molecular flexibility index (Phi) is 9.14. The van der Waals surface area contributed by atoms with E-state index >= 15 is 0 Å². The van der Waals surface area contributed by atoms with E-state index in [4.69, 9.17) is 9.47 Å². The number of hydrogen-bond donors (Lipinski definition) is 0. The summed E-state index contributed by atoms with van der Waals surface area (Å²) in [5.41, 5.74) is 0. The Labute approximate surface area is 134 Å². The first-order valence-electron chi connectivity index (χ1n) is 6.85. The number of hydrogen-bond acceptors (Lipinski definition) is 4. The van der Waals surface area contributed by atoms with Crippen molar-refractivity contribution in [2.24, 2.45) is 0 Å². The van der Waals surface area contributed by atoms with E-state index in [1.165, 1.54) is 0 Å². The Bertz CT molecular complexity index is 314. The topological polar surface area (TPSA) is 52.6 Å². The van der Waals surface area contributed by atoms with Crippen LogP contribution in [0.4, 0.5) is 0 Å². The van der Waals surface area contributed by atoms with Gasteiger partial charge in [-0.3, -0.25) is 18.6 Å². The molecule has 0 bridgehead atoms. The van der Waals surface area contributed by atoms with Crippen molar-refractivity contribution in [2.75, 3.05) is 42.3 Å². The predicted molar refractivity (Wildman–Crippen MR) is 76.4 cm³/mol. The first-order chi connectivity index (χ1) is 8.84. The molecule has 0 N–H and O–H groups in total. The lowest BCUT2D eigenvalue weighted by atomic mass is 10.3. The zero-order valence-electron chi connectivity index (χ0n) is 14.5. The molecule has 0 aliphatic rings. The first-order valence-corrected chi connectivity index (χ1v) is 6.85. The molecule has 21 heavy (non-hydrogen) atoms. The molecule has 0 saturated carbocycles. The largest absolute Gasteiger partial charge is 1.00 e. The van der Waals surface area contributed by atoms with Gasteiger partial charge in [-0.2, -0.15) is 0 Å². The van der Waals surface area contributed by atoms with Crippen molar-refractivity contribution in [3.63, 3.8) is 0 Å². The van der Waals surface area contributed by atoms with E-state index in [1.54, 1.807) is 0 Å². The molecule has 126 valence electrons. The van der Waals surface area contributed by atoms with E-state index in [2.05, 4.69) is 0 Å². The Morgan fingerprint density at radius 3 is 1.19 bits per heavy atom. The van der Waals surface area contributed by atoms with Crippen LogP contribution in [-0.2, 0) is 19.1 Å². The molecule has 2 atom stereocenters. The van der Waals surface area contributed by atoms with Gasteiger partial charge in [0.05, 0.1) is 55.1 Å². The monoisotopic (exact) mass is 325 g/mol. The second kappa shape index (κ2) is 8.56. The number of nitrogens with zero attached hydrogens (tertiary/aromatic N) is 2. The number of esters is 2. The molecule has 7 heteroatoms. The third-order valence-corrected chi connectivity index (χ3v) is 3.32. The zero-order chi connectivity index (χ0) is 16.1. The average Bonchev–Trinajstić information content (AvgIpc) is 2.23. The highest BCUT2D eigenvalue weighted by Crippen LogP contribution is 2.09. The summed E-state index contributed by atoms with van der Waals surface area (Å²) in [5, 5.41) is 0. The van der Waals surface area contributed by atoms with Gasteiger partial charge in [-0.25, -0.2) is 0 Å². The number of ether oxygens (including phenoxy) is 2. The van der Waals surface area contributed by atoms with Crippen LogP contribution in [0.3, 0.4) is 0 Å². The number of carbonyl (C=O) groups is 2. The second-order valence-electron chi connectivity index (χ2n) is 6.91. The van der Waals surface area contributed by atoms with Crippen molar-refractivity contribution >= 4 is 11.9 Å². The molecule has 0 spiro atoms. The van der Waals surface area contributed by atoms with Gasteiger partial charge in [-0.1, -0.05) is 0 Å². The van der Waals surface area contributed by atoms with Gasteiger partial charge in [0, 0.05) is 13.8 Å². The molecule has 0 saturated heterocycles. The molecule has 6 nitrogen and oxygen atoms in total. The molecule has 0 aliphatic carbocycles. The zero-order valence-corrected chi connectivity index (χ0v) is 15.2. The lowest BCUT2D eigenvalue weighted by Crippen LogP contribution is -3.00. The van der Waals surface area contributed by atoms with Gasteiger partial charge >= 0.3 is 11.9 Å². The SMILES string of the molecule is CC(OC(=O)CCC(=O)OC(C)[N+](C)(C)C)[N+](C)(C)C.[Cl-]. The molecular weight excluding hydrogens is 296 g/mol. The fraction of sp³-hybridized carbons (Fsp3) is 0.857. The lowest BCUT2D eigenvalue weighted by Gasteiger charge is -2.31. The van der Waals surface area contributed by atoms with Crippen LogP contribution < -0.4 is 12.4 Å². The van der Waals surface area contributed by atoms with E-state index in [1.807, 2.05) is 56.1 Å². The number of halogens is 1. The van der Waals surface area contributed by atoms with Crippen molar-refractivity contribution in [1.82, 2.24) is 0 Å². The molecule has 2 unspecified atom stereocenters. The fourth-order valence-corrected chi connectivity index (χ4v) is 1.02. The summed E-state index contributed by atoms with van der Waals surface area (Å²) in [7, 11) is 11.6. The van der Waals surface area contributed by atoms with Crippen LogP contribution >= 0.6 is 0 Å². The van der Waals surface area contributed by atoms with Gasteiger partial charge in [0.1, 0.15) is 0 Å². The molecule has 0 radical (unpaired) electrons. The Balaban J connectivity index is 0. The minimum atomic E-state index is -0.375. The maximum Gasteiger partial charge on any atom is 0.310 e. The third-order valence-electron chi connectivity index (χ3n) is 3.32. The highest BCUT2D eigenvalue weighted by atomic mass is 35.5. The van der Waals surface area contributed by atoms with Crippen LogP contribution in [0.5, 0.6) is 0 Å². The van der Waals surface area contributed by atoms with Crippen LogP contribution in [0.1, 0.15) is 26.7 Å². The maximum absolute atomic E-state index is 11.6. The number of quaternary nitrogens is 2. The molecule has 0 amide bonds. The van der Waals surface area contributed by atoms with Gasteiger partial charge in [0.15, 0.2) is 0 Å². The molecular formula is C14H30ClN2O4+. The quantitative estimate of drug-likeness (QED) is 0.307. The molecule has 0 aliphatic heterocycles. The summed E-state index contributed by atoms with van der Waals surface area (Å²) in [5.74, 6) is -0.749. The van der Waals surface area contributed by atoms with Crippen LogP contribution in [0.2, 0.25) is 0 Å². The van der Waals surface area contributed by atoms with Crippen molar-refractivity contribution < 1.29 is 40.4 Å². The summed E-state index contributed by atoms with van der Waals surface area (Å²) in [6.07, 6.45) is -0.396. The Morgan fingerprint density at radius 2 is 1.00 bits per heavy atom. The average molecular weight is 326 g/mol. The minimum Gasteiger partial charge on any atom is -1.00 e. The van der Waals surface area contributed by atoms with Gasteiger partial charge in [-0.05, 0) is 0 Å². The summed E-state index contributed by atoms with van der Waals surface area (Å²) < 4.78 is 11.6. The van der Waals surface area contributed by atoms with E-state index in [0.717, 1.165) is 0 Å². The van der Waals surface area contributed by atoms with Crippen molar-refractivity contribution in [2.45, 2.75) is 39.1 Å². The summed E-state index contributed by atoms with van der Waals surface area (Å²) >= 11 is 0. The van der Waals surface area contributed by atoms with Crippen LogP contribution in [-0.4, -0.2) is 75.6 Å².